The van der Waals surface area contributed by atoms with E-state index in [9.17, 15) is 8.42 Å². The Morgan fingerprint density at radius 1 is 1.24 bits per heavy atom. The monoisotopic (exact) mass is 308 g/mol. The molecule has 0 fully saturated rings. The second-order valence-electron chi connectivity index (χ2n) is 4.98. The van der Waals surface area contributed by atoms with E-state index in [-0.39, 0.29) is 17.1 Å². The molecular formula is C15H20N2O3S. The second-order valence-corrected chi connectivity index (χ2v) is 6.89. The lowest BCUT2D eigenvalue weighted by molar-refractivity contribution is 0.375. The fourth-order valence-electron chi connectivity index (χ4n) is 2.12. The molecule has 2 aromatic rings. The predicted octanol–water partition coefficient (Wildman–Crippen LogP) is 2.69. The van der Waals surface area contributed by atoms with Gasteiger partial charge >= 0.3 is 0 Å². The minimum Gasteiger partial charge on any atom is -0.468 e. The maximum Gasteiger partial charge on any atom is 0.245 e. The van der Waals surface area contributed by atoms with E-state index in [0.29, 0.717) is 12.3 Å². The number of furan rings is 1. The molecule has 1 heterocycles. The zero-order chi connectivity index (χ0) is 15.6. The summed E-state index contributed by atoms with van der Waals surface area (Å²) in [5.74, 6) is 0.600. The average Bonchev–Trinajstić information content (AvgIpc) is 2.92. The lowest BCUT2D eigenvalue weighted by Crippen LogP contribution is -2.31. The van der Waals surface area contributed by atoms with Crippen molar-refractivity contribution in [1.29, 1.82) is 0 Å². The molecular weight excluding hydrogens is 288 g/mol. The SMILES string of the molecule is CCN(Cc1ccco1)S(=O)(=O)c1cc(C)c(C)cc1N. The van der Waals surface area contributed by atoms with Gasteiger partial charge in [0.25, 0.3) is 0 Å². The Hall–Kier alpha value is -1.79. The molecule has 114 valence electrons. The van der Waals surface area contributed by atoms with E-state index in [1.165, 1.54) is 10.6 Å². The van der Waals surface area contributed by atoms with E-state index in [4.69, 9.17) is 10.2 Å². The van der Waals surface area contributed by atoms with E-state index in [1.807, 2.05) is 13.8 Å². The molecule has 0 saturated carbocycles. The van der Waals surface area contributed by atoms with Crippen LogP contribution in [0.5, 0.6) is 0 Å². The number of aryl methyl sites for hydroxylation is 2. The van der Waals surface area contributed by atoms with Crippen LogP contribution in [0.2, 0.25) is 0 Å². The molecule has 2 rings (SSSR count). The quantitative estimate of drug-likeness (QED) is 0.862. The molecule has 5 nitrogen and oxygen atoms in total. The van der Waals surface area contributed by atoms with Crippen LogP contribution in [0.1, 0.15) is 23.8 Å². The van der Waals surface area contributed by atoms with Crippen molar-refractivity contribution in [3.8, 4) is 0 Å². The number of sulfonamides is 1. The van der Waals surface area contributed by atoms with Gasteiger partial charge in [-0.3, -0.25) is 0 Å². The Labute approximate surface area is 125 Å². The van der Waals surface area contributed by atoms with E-state index < -0.39 is 10.0 Å². The topological polar surface area (TPSA) is 76.5 Å². The fraction of sp³-hybridized carbons (Fsp3) is 0.333. The molecule has 0 spiro atoms. The number of hydrogen-bond donors (Lipinski definition) is 1. The molecule has 0 aliphatic rings. The fourth-order valence-corrected chi connectivity index (χ4v) is 3.72. The van der Waals surface area contributed by atoms with E-state index in [1.54, 1.807) is 31.2 Å². The second kappa shape index (κ2) is 5.91. The Kier molecular flexibility index (Phi) is 4.39. The normalized spacial score (nSPS) is 12.0. The van der Waals surface area contributed by atoms with Crippen LogP contribution < -0.4 is 5.73 Å². The molecule has 0 amide bonds. The van der Waals surface area contributed by atoms with Gasteiger partial charge in [-0.2, -0.15) is 4.31 Å². The zero-order valence-corrected chi connectivity index (χ0v) is 13.3. The summed E-state index contributed by atoms with van der Waals surface area (Å²) in [6.07, 6.45) is 1.53. The third kappa shape index (κ3) is 3.11. The Balaban J connectivity index is 2.42. The largest absolute Gasteiger partial charge is 0.468 e. The highest BCUT2D eigenvalue weighted by molar-refractivity contribution is 7.89. The van der Waals surface area contributed by atoms with Gasteiger partial charge in [-0.25, -0.2) is 8.42 Å². The Morgan fingerprint density at radius 2 is 1.90 bits per heavy atom. The molecule has 0 aliphatic carbocycles. The van der Waals surface area contributed by atoms with Gasteiger partial charge in [0, 0.05) is 6.54 Å². The minimum absolute atomic E-state index is 0.152. The summed E-state index contributed by atoms with van der Waals surface area (Å²) < 4.78 is 32.1. The van der Waals surface area contributed by atoms with Crippen LogP contribution in [0.15, 0.2) is 39.8 Å². The van der Waals surface area contributed by atoms with Crippen molar-refractivity contribution in [2.45, 2.75) is 32.2 Å². The van der Waals surface area contributed by atoms with Crippen molar-refractivity contribution in [3.05, 3.63) is 47.4 Å². The van der Waals surface area contributed by atoms with Gasteiger partial charge < -0.3 is 10.2 Å². The van der Waals surface area contributed by atoms with Crippen molar-refractivity contribution < 1.29 is 12.8 Å². The molecule has 0 saturated heterocycles. The molecule has 1 aromatic heterocycles. The number of benzene rings is 1. The minimum atomic E-state index is -3.65. The highest BCUT2D eigenvalue weighted by Crippen LogP contribution is 2.26. The smallest absolute Gasteiger partial charge is 0.245 e. The first-order valence-electron chi connectivity index (χ1n) is 6.75. The molecule has 6 heteroatoms. The Bertz CT molecular complexity index is 722. The van der Waals surface area contributed by atoms with Gasteiger partial charge in [0.2, 0.25) is 10.0 Å². The summed E-state index contributed by atoms with van der Waals surface area (Å²) in [5, 5.41) is 0. The van der Waals surface area contributed by atoms with Gasteiger partial charge in [-0.15, -0.1) is 0 Å². The first-order valence-corrected chi connectivity index (χ1v) is 8.19. The first kappa shape index (κ1) is 15.6. The summed E-state index contributed by atoms with van der Waals surface area (Å²) in [5.41, 5.74) is 8.06. The summed E-state index contributed by atoms with van der Waals surface area (Å²) in [4.78, 5) is 0.152. The maximum atomic E-state index is 12.8. The van der Waals surface area contributed by atoms with Crippen molar-refractivity contribution in [3.63, 3.8) is 0 Å². The van der Waals surface area contributed by atoms with Crippen molar-refractivity contribution in [1.82, 2.24) is 4.31 Å². The third-order valence-electron chi connectivity index (χ3n) is 3.51. The predicted molar refractivity (Wildman–Crippen MR) is 82.3 cm³/mol. The summed E-state index contributed by atoms with van der Waals surface area (Å²) in [7, 11) is -3.65. The van der Waals surface area contributed by atoms with Gasteiger partial charge in [0.1, 0.15) is 10.7 Å². The van der Waals surface area contributed by atoms with Crippen LogP contribution in [0.4, 0.5) is 5.69 Å². The van der Waals surface area contributed by atoms with E-state index >= 15 is 0 Å². The third-order valence-corrected chi connectivity index (χ3v) is 5.49. The van der Waals surface area contributed by atoms with Gasteiger partial charge in [0.05, 0.1) is 18.5 Å². The molecule has 0 radical (unpaired) electrons. The summed E-state index contributed by atoms with van der Waals surface area (Å²) in [6.45, 7) is 6.10. The maximum absolute atomic E-state index is 12.8. The van der Waals surface area contributed by atoms with Crippen molar-refractivity contribution >= 4 is 15.7 Å². The van der Waals surface area contributed by atoms with Gasteiger partial charge in [-0.1, -0.05) is 6.92 Å². The van der Waals surface area contributed by atoms with Crippen molar-refractivity contribution in [2.75, 3.05) is 12.3 Å². The lowest BCUT2D eigenvalue weighted by Gasteiger charge is -2.21. The van der Waals surface area contributed by atoms with Crippen LogP contribution in [0.3, 0.4) is 0 Å². The molecule has 1 aromatic carbocycles. The highest BCUT2D eigenvalue weighted by atomic mass is 32.2. The standard InChI is InChI=1S/C15H20N2O3S/c1-4-17(10-13-6-5-7-20-13)21(18,19)15-9-12(3)11(2)8-14(15)16/h5-9H,4,10,16H2,1-3H3. The van der Waals surface area contributed by atoms with Gasteiger partial charge in [-0.05, 0) is 49.2 Å². The van der Waals surface area contributed by atoms with Crippen LogP contribution in [-0.2, 0) is 16.6 Å². The zero-order valence-electron chi connectivity index (χ0n) is 12.5. The van der Waals surface area contributed by atoms with Crippen molar-refractivity contribution in [2.24, 2.45) is 0 Å². The first-order chi connectivity index (χ1) is 9.86. The molecule has 0 aliphatic heterocycles. The molecule has 0 atom stereocenters. The van der Waals surface area contributed by atoms with Crippen LogP contribution in [-0.4, -0.2) is 19.3 Å². The van der Waals surface area contributed by atoms with Crippen LogP contribution >= 0.6 is 0 Å². The van der Waals surface area contributed by atoms with E-state index in [0.717, 1.165) is 11.1 Å². The number of nitrogens with zero attached hydrogens (tertiary/aromatic N) is 1. The molecule has 0 unspecified atom stereocenters. The number of nitrogen functional groups attached to an aromatic ring is 1. The lowest BCUT2D eigenvalue weighted by atomic mass is 10.1. The van der Waals surface area contributed by atoms with E-state index in [2.05, 4.69) is 0 Å². The Morgan fingerprint density at radius 3 is 2.48 bits per heavy atom. The average molecular weight is 308 g/mol. The highest BCUT2D eigenvalue weighted by Gasteiger charge is 2.26. The number of hydrogen-bond acceptors (Lipinski definition) is 4. The van der Waals surface area contributed by atoms with Crippen LogP contribution in [0, 0.1) is 13.8 Å². The molecule has 2 N–H and O–H groups in total. The molecule has 21 heavy (non-hydrogen) atoms. The number of anilines is 1. The van der Waals surface area contributed by atoms with Crippen LogP contribution in [0.25, 0.3) is 0 Å². The summed E-state index contributed by atoms with van der Waals surface area (Å²) in [6, 6.07) is 6.82. The number of rotatable bonds is 5. The number of nitrogens with two attached hydrogens (primary N) is 1. The van der Waals surface area contributed by atoms with Gasteiger partial charge in [0.15, 0.2) is 0 Å². The molecule has 0 bridgehead atoms. The summed E-state index contributed by atoms with van der Waals surface area (Å²) >= 11 is 0.